The smallest absolute Gasteiger partial charge is 0.332 e. The molecule has 0 radical (unpaired) electrons. The monoisotopic (exact) mass is 258 g/mol. The van der Waals surface area contributed by atoms with Crippen LogP contribution >= 0.6 is 23.6 Å². The first-order valence-corrected chi connectivity index (χ1v) is 6.00. The van der Waals surface area contributed by atoms with Crippen molar-refractivity contribution in [2.75, 3.05) is 0 Å². The maximum atomic E-state index is 10.5. The van der Waals surface area contributed by atoms with Crippen LogP contribution in [0.3, 0.4) is 0 Å². The van der Waals surface area contributed by atoms with E-state index in [4.69, 9.17) is 18.0 Å². The van der Waals surface area contributed by atoms with Crippen molar-refractivity contribution < 1.29 is 4.79 Å². The van der Waals surface area contributed by atoms with E-state index in [1.807, 2.05) is 25.3 Å². The highest BCUT2D eigenvalue weighted by Gasteiger charge is 2.10. The summed E-state index contributed by atoms with van der Waals surface area (Å²) < 4.78 is 2.84. The Balaban J connectivity index is 3.10. The van der Waals surface area contributed by atoms with E-state index < -0.39 is 6.03 Å². The lowest BCUT2D eigenvalue weighted by Gasteiger charge is -2.02. The molecule has 0 atom stereocenters. The van der Waals surface area contributed by atoms with E-state index >= 15 is 0 Å². The van der Waals surface area contributed by atoms with Gasteiger partial charge in [-0.15, -0.1) is 11.3 Å². The van der Waals surface area contributed by atoms with Gasteiger partial charge in [0, 0.05) is 12.2 Å². The van der Waals surface area contributed by atoms with E-state index in [2.05, 4.69) is 10.5 Å². The average Bonchev–Trinajstić information content (AvgIpc) is 2.50. The van der Waals surface area contributed by atoms with E-state index in [0.29, 0.717) is 5.71 Å². The van der Waals surface area contributed by atoms with E-state index in [1.165, 1.54) is 11.3 Å². The third kappa shape index (κ3) is 2.67. The van der Waals surface area contributed by atoms with Crippen LogP contribution in [0.15, 0.2) is 5.10 Å². The molecule has 1 heterocycles. The molecule has 0 saturated carbocycles. The van der Waals surface area contributed by atoms with Gasteiger partial charge < -0.3 is 10.3 Å². The number of amides is 2. The number of hydrogen-bond acceptors (Lipinski definition) is 4. The van der Waals surface area contributed by atoms with Crippen LogP contribution in [0, 0.1) is 10.9 Å². The molecule has 16 heavy (non-hydrogen) atoms. The molecule has 0 unspecified atom stereocenters. The molecule has 1 aromatic rings. The molecular formula is C9H14N4OS2. The second kappa shape index (κ2) is 5.22. The molecule has 0 aliphatic rings. The predicted octanol–water partition coefficient (Wildman–Crippen LogP) is 2.00. The van der Waals surface area contributed by atoms with Gasteiger partial charge in [0.05, 0.1) is 10.6 Å². The molecule has 5 nitrogen and oxygen atoms in total. The van der Waals surface area contributed by atoms with Crippen LogP contribution in [0.2, 0.25) is 0 Å². The summed E-state index contributed by atoms with van der Waals surface area (Å²) in [6.45, 7) is 6.66. The Bertz CT molecular complexity index is 486. The Morgan fingerprint density at radius 3 is 2.75 bits per heavy atom. The summed E-state index contributed by atoms with van der Waals surface area (Å²) >= 11 is 6.71. The summed E-state index contributed by atoms with van der Waals surface area (Å²) in [5.41, 5.74) is 8.91. The first kappa shape index (κ1) is 12.9. The molecular weight excluding hydrogens is 244 g/mol. The molecule has 0 saturated heterocycles. The van der Waals surface area contributed by atoms with Gasteiger partial charge in [-0.2, -0.15) is 5.10 Å². The molecule has 0 spiro atoms. The SMILES string of the molecule is CCn1c(C)c(/C(C)=N\NC(N)=O)sc1=S. The van der Waals surface area contributed by atoms with Crippen LogP contribution in [0.5, 0.6) is 0 Å². The zero-order chi connectivity index (χ0) is 12.3. The van der Waals surface area contributed by atoms with Crippen LogP contribution in [-0.4, -0.2) is 16.3 Å². The lowest BCUT2D eigenvalue weighted by Crippen LogP contribution is -2.25. The Morgan fingerprint density at radius 1 is 1.69 bits per heavy atom. The average molecular weight is 258 g/mol. The standard InChI is InChI=1S/C9H14N4OS2/c1-4-13-6(3)7(16-9(13)15)5(2)11-12-8(10)14/h4H2,1-3H3,(H3,10,12,14)/b11-5-. The second-order valence-electron chi connectivity index (χ2n) is 3.20. The van der Waals surface area contributed by atoms with Crippen LogP contribution in [0.25, 0.3) is 0 Å². The van der Waals surface area contributed by atoms with Gasteiger partial charge in [0.15, 0.2) is 3.95 Å². The predicted molar refractivity (Wildman–Crippen MR) is 68.5 cm³/mol. The van der Waals surface area contributed by atoms with Gasteiger partial charge in [0.25, 0.3) is 0 Å². The van der Waals surface area contributed by atoms with Crippen molar-refractivity contribution in [2.24, 2.45) is 10.8 Å². The third-order valence-electron chi connectivity index (χ3n) is 2.12. The summed E-state index contributed by atoms with van der Waals surface area (Å²) in [4.78, 5) is 11.5. The first-order valence-electron chi connectivity index (χ1n) is 4.77. The van der Waals surface area contributed by atoms with E-state index in [0.717, 1.165) is 21.1 Å². The zero-order valence-corrected chi connectivity index (χ0v) is 11.0. The Morgan fingerprint density at radius 2 is 2.31 bits per heavy atom. The molecule has 7 heteroatoms. The van der Waals surface area contributed by atoms with Crippen molar-refractivity contribution in [3.63, 3.8) is 0 Å². The number of nitrogens with two attached hydrogens (primary N) is 1. The summed E-state index contributed by atoms with van der Waals surface area (Å²) in [6.07, 6.45) is 0. The normalized spacial score (nSPS) is 11.6. The Kier molecular flexibility index (Phi) is 4.19. The number of nitrogens with one attached hydrogen (secondary N) is 1. The van der Waals surface area contributed by atoms with Gasteiger partial charge in [-0.1, -0.05) is 0 Å². The van der Waals surface area contributed by atoms with Crippen LogP contribution in [-0.2, 0) is 6.54 Å². The van der Waals surface area contributed by atoms with Gasteiger partial charge in [-0.3, -0.25) is 0 Å². The molecule has 1 rings (SSSR count). The Hall–Kier alpha value is -1.21. The first-order chi connectivity index (χ1) is 7.47. The second-order valence-corrected chi connectivity index (χ2v) is 4.84. The van der Waals surface area contributed by atoms with Crippen molar-refractivity contribution in [1.29, 1.82) is 0 Å². The van der Waals surface area contributed by atoms with Crippen LogP contribution < -0.4 is 11.2 Å². The summed E-state index contributed by atoms with van der Waals surface area (Å²) in [6, 6.07) is -0.671. The number of rotatable bonds is 3. The number of urea groups is 1. The highest BCUT2D eigenvalue weighted by atomic mass is 32.1. The van der Waals surface area contributed by atoms with E-state index in [9.17, 15) is 4.79 Å². The van der Waals surface area contributed by atoms with Crippen molar-refractivity contribution in [3.8, 4) is 0 Å². The highest BCUT2D eigenvalue weighted by Crippen LogP contribution is 2.19. The minimum atomic E-state index is -0.671. The van der Waals surface area contributed by atoms with Crippen molar-refractivity contribution in [2.45, 2.75) is 27.3 Å². The molecule has 88 valence electrons. The van der Waals surface area contributed by atoms with E-state index in [1.54, 1.807) is 0 Å². The van der Waals surface area contributed by atoms with Crippen LogP contribution in [0.4, 0.5) is 4.79 Å². The number of hydrazone groups is 1. The molecule has 3 N–H and O–H groups in total. The minimum Gasteiger partial charge on any atom is -0.350 e. The number of aromatic nitrogens is 1. The van der Waals surface area contributed by atoms with E-state index in [-0.39, 0.29) is 0 Å². The lowest BCUT2D eigenvalue weighted by atomic mass is 10.3. The molecule has 0 aliphatic heterocycles. The molecule has 2 amide bonds. The molecule has 0 bridgehead atoms. The Labute approximate surface area is 103 Å². The summed E-state index contributed by atoms with van der Waals surface area (Å²) in [7, 11) is 0. The minimum absolute atomic E-state index is 0.671. The largest absolute Gasteiger partial charge is 0.350 e. The number of primary amides is 1. The van der Waals surface area contributed by atoms with Crippen molar-refractivity contribution in [1.82, 2.24) is 9.99 Å². The van der Waals surface area contributed by atoms with Gasteiger partial charge in [-0.05, 0) is 33.0 Å². The maximum Gasteiger partial charge on any atom is 0.332 e. The number of carbonyl (C=O) groups is 1. The quantitative estimate of drug-likeness (QED) is 0.494. The van der Waals surface area contributed by atoms with Gasteiger partial charge in [0.2, 0.25) is 0 Å². The lowest BCUT2D eigenvalue weighted by molar-refractivity contribution is 0.249. The van der Waals surface area contributed by atoms with Gasteiger partial charge in [0.1, 0.15) is 0 Å². The van der Waals surface area contributed by atoms with Crippen LogP contribution in [0.1, 0.15) is 24.4 Å². The zero-order valence-electron chi connectivity index (χ0n) is 9.40. The molecule has 0 fully saturated rings. The summed E-state index contributed by atoms with van der Waals surface area (Å²) in [5, 5.41) is 3.89. The molecule has 0 aliphatic carbocycles. The third-order valence-corrected chi connectivity index (χ3v) is 3.78. The molecule has 1 aromatic heterocycles. The summed E-state index contributed by atoms with van der Waals surface area (Å²) in [5.74, 6) is 0. The fraction of sp³-hybridized carbons (Fsp3) is 0.444. The topological polar surface area (TPSA) is 72.4 Å². The number of hydrogen-bond donors (Lipinski definition) is 2. The fourth-order valence-corrected chi connectivity index (χ4v) is 2.89. The number of nitrogens with zero attached hydrogens (tertiary/aromatic N) is 2. The fourth-order valence-electron chi connectivity index (χ4n) is 1.37. The van der Waals surface area contributed by atoms with Crippen molar-refractivity contribution >= 4 is 35.3 Å². The van der Waals surface area contributed by atoms with Gasteiger partial charge in [-0.25, -0.2) is 10.2 Å². The van der Waals surface area contributed by atoms with Crippen molar-refractivity contribution in [3.05, 3.63) is 14.5 Å². The van der Waals surface area contributed by atoms with Gasteiger partial charge >= 0.3 is 6.03 Å². The molecule has 0 aromatic carbocycles. The number of thiazole rings is 1. The number of carbonyl (C=O) groups excluding carboxylic acids is 1. The highest BCUT2D eigenvalue weighted by molar-refractivity contribution is 7.73. The maximum absolute atomic E-state index is 10.5.